The van der Waals surface area contributed by atoms with Crippen molar-refractivity contribution in [3.63, 3.8) is 0 Å². The monoisotopic (exact) mass is 384 g/mol. The number of nitrogens with two attached hydrogens (primary N) is 1. The Labute approximate surface area is 147 Å². The third-order valence-corrected chi connectivity index (χ3v) is 4.20. The molecule has 10 heteroatoms. The van der Waals surface area contributed by atoms with Gasteiger partial charge in [-0.1, -0.05) is 6.07 Å². The first-order chi connectivity index (χ1) is 12.1. The maximum Gasteiger partial charge on any atom is 0.344 e. The predicted octanol–water partition coefficient (Wildman–Crippen LogP) is 1.80. The standard InChI is InChI=1S/C16H14F2N2O5S/c1-9(25-16(22)14-12(17)3-2-4-13(14)18)15(21)20-10-5-7-11(8-6-10)26(19,23)24/h2-9H,1H3,(H,20,21)(H2,19,23,24)/t9-/m1/s1. The number of ether oxygens (including phenoxy) is 1. The highest BCUT2D eigenvalue weighted by molar-refractivity contribution is 7.89. The van der Waals surface area contributed by atoms with Crippen molar-refractivity contribution in [2.24, 2.45) is 5.14 Å². The first-order valence-corrected chi connectivity index (χ1v) is 8.73. The lowest BCUT2D eigenvalue weighted by Crippen LogP contribution is -2.30. The first kappa shape index (κ1) is 19.5. The fraction of sp³-hybridized carbons (Fsp3) is 0.125. The second-order valence-electron chi connectivity index (χ2n) is 5.20. The summed E-state index contributed by atoms with van der Waals surface area (Å²) in [6.45, 7) is 1.21. The van der Waals surface area contributed by atoms with Crippen LogP contribution in [0.15, 0.2) is 47.4 Å². The average molecular weight is 384 g/mol. The zero-order chi connectivity index (χ0) is 19.5. The second kappa shape index (κ2) is 7.58. The topological polar surface area (TPSA) is 116 Å². The minimum atomic E-state index is -3.87. The predicted molar refractivity (Wildman–Crippen MR) is 87.7 cm³/mol. The number of sulfonamides is 1. The Hall–Kier alpha value is -2.85. The molecular formula is C16H14F2N2O5S. The molecule has 7 nitrogen and oxygen atoms in total. The van der Waals surface area contributed by atoms with Gasteiger partial charge >= 0.3 is 5.97 Å². The number of halogens is 2. The smallest absolute Gasteiger partial charge is 0.344 e. The maximum atomic E-state index is 13.5. The minimum absolute atomic E-state index is 0.148. The Morgan fingerprint density at radius 2 is 1.62 bits per heavy atom. The van der Waals surface area contributed by atoms with Crippen molar-refractivity contribution in [2.75, 3.05) is 5.32 Å². The quantitative estimate of drug-likeness (QED) is 0.763. The number of carbonyl (C=O) groups is 2. The summed E-state index contributed by atoms with van der Waals surface area (Å²) in [5, 5.41) is 7.32. The molecule has 26 heavy (non-hydrogen) atoms. The summed E-state index contributed by atoms with van der Waals surface area (Å²) < 4.78 is 54.1. The van der Waals surface area contributed by atoms with Crippen LogP contribution in [0.2, 0.25) is 0 Å². The van der Waals surface area contributed by atoms with Crippen molar-refractivity contribution < 1.29 is 31.5 Å². The van der Waals surface area contributed by atoms with E-state index in [9.17, 15) is 26.8 Å². The van der Waals surface area contributed by atoms with Gasteiger partial charge in [-0.25, -0.2) is 27.1 Å². The van der Waals surface area contributed by atoms with Crippen LogP contribution >= 0.6 is 0 Å². The van der Waals surface area contributed by atoms with Gasteiger partial charge in [-0.2, -0.15) is 0 Å². The van der Waals surface area contributed by atoms with Crippen LogP contribution in [0.4, 0.5) is 14.5 Å². The molecule has 3 N–H and O–H groups in total. The molecule has 2 rings (SSSR count). The molecule has 138 valence electrons. The van der Waals surface area contributed by atoms with Gasteiger partial charge in [0.1, 0.15) is 17.2 Å². The Morgan fingerprint density at radius 3 is 2.12 bits per heavy atom. The van der Waals surface area contributed by atoms with Crippen LogP contribution in [0.3, 0.4) is 0 Å². The highest BCUT2D eigenvalue weighted by Gasteiger charge is 2.24. The largest absolute Gasteiger partial charge is 0.449 e. The van der Waals surface area contributed by atoms with Crippen LogP contribution in [0.5, 0.6) is 0 Å². The molecule has 0 spiro atoms. The van der Waals surface area contributed by atoms with Gasteiger partial charge in [-0.05, 0) is 43.3 Å². The molecule has 0 heterocycles. The number of amides is 1. The Morgan fingerprint density at radius 1 is 1.08 bits per heavy atom. The van der Waals surface area contributed by atoms with Crippen molar-refractivity contribution in [1.82, 2.24) is 0 Å². The van der Waals surface area contributed by atoms with E-state index in [1.54, 1.807) is 0 Å². The number of esters is 1. The molecule has 0 radical (unpaired) electrons. The molecule has 0 aliphatic rings. The number of primary sulfonamides is 1. The summed E-state index contributed by atoms with van der Waals surface area (Å²) >= 11 is 0. The van der Waals surface area contributed by atoms with E-state index in [0.717, 1.165) is 18.2 Å². The van der Waals surface area contributed by atoms with E-state index in [-0.39, 0.29) is 10.6 Å². The molecule has 2 aromatic rings. The van der Waals surface area contributed by atoms with Crippen molar-refractivity contribution in [3.8, 4) is 0 Å². The highest BCUT2D eigenvalue weighted by Crippen LogP contribution is 2.16. The van der Waals surface area contributed by atoms with Gasteiger partial charge in [-0.3, -0.25) is 4.79 Å². The molecule has 0 aliphatic heterocycles. The van der Waals surface area contributed by atoms with E-state index in [2.05, 4.69) is 5.32 Å². The van der Waals surface area contributed by atoms with Crippen molar-refractivity contribution >= 4 is 27.6 Å². The molecule has 0 saturated heterocycles. The molecule has 2 aromatic carbocycles. The normalized spacial score (nSPS) is 12.3. The Balaban J connectivity index is 2.05. The van der Waals surface area contributed by atoms with E-state index < -0.39 is 45.2 Å². The van der Waals surface area contributed by atoms with Gasteiger partial charge in [0, 0.05) is 5.69 Å². The number of hydrogen-bond acceptors (Lipinski definition) is 5. The van der Waals surface area contributed by atoms with Gasteiger partial charge in [0.25, 0.3) is 5.91 Å². The van der Waals surface area contributed by atoms with E-state index >= 15 is 0 Å². The van der Waals surface area contributed by atoms with Gasteiger partial charge < -0.3 is 10.1 Å². The number of nitrogens with one attached hydrogen (secondary N) is 1. The van der Waals surface area contributed by atoms with E-state index in [4.69, 9.17) is 9.88 Å². The fourth-order valence-corrected chi connectivity index (χ4v) is 2.45. The zero-order valence-corrected chi connectivity index (χ0v) is 14.2. The fourth-order valence-electron chi connectivity index (χ4n) is 1.94. The van der Waals surface area contributed by atoms with E-state index in [0.29, 0.717) is 0 Å². The van der Waals surface area contributed by atoms with Gasteiger partial charge in [0.15, 0.2) is 6.10 Å². The number of benzene rings is 2. The summed E-state index contributed by atoms with van der Waals surface area (Å²) in [4.78, 5) is 23.7. The summed E-state index contributed by atoms with van der Waals surface area (Å²) in [7, 11) is -3.87. The summed E-state index contributed by atoms with van der Waals surface area (Å²) in [6.07, 6.45) is -1.36. The first-order valence-electron chi connectivity index (χ1n) is 7.18. The molecule has 0 saturated carbocycles. The molecule has 0 aliphatic carbocycles. The van der Waals surface area contributed by atoms with E-state index in [1.807, 2.05) is 0 Å². The highest BCUT2D eigenvalue weighted by atomic mass is 32.2. The van der Waals surface area contributed by atoms with Gasteiger partial charge in [-0.15, -0.1) is 0 Å². The molecule has 0 bridgehead atoms. The number of hydrogen-bond donors (Lipinski definition) is 2. The minimum Gasteiger partial charge on any atom is -0.449 e. The lowest BCUT2D eigenvalue weighted by molar-refractivity contribution is -0.123. The van der Waals surface area contributed by atoms with Crippen LogP contribution in [0.1, 0.15) is 17.3 Å². The molecule has 1 amide bonds. The Kier molecular flexibility index (Phi) is 5.68. The third kappa shape index (κ3) is 4.61. The summed E-state index contributed by atoms with van der Waals surface area (Å²) in [5.74, 6) is -4.33. The summed E-state index contributed by atoms with van der Waals surface area (Å²) in [6, 6.07) is 7.77. The van der Waals surface area contributed by atoms with Crippen molar-refractivity contribution in [1.29, 1.82) is 0 Å². The summed E-state index contributed by atoms with van der Waals surface area (Å²) in [5.41, 5.74) is -0.688. The average Bonchev–Trinajstić information content (AvgIpc) is 2.54. The molecule has 1 atom stereocenters. The van der Waals surface area contributed by atoms with E-state index in [1.165, 1.54) is 31.2 Å². The van der Waals surface area contributed by atoms with Gasteiger partial charge in [0.05, 0.1) is 4.90 Å². The number of carbonyl (C=O) groups excluding carboxylic acids is 2. The SMILES string of the molecule is C[C@@H](OC(=O)c1c(F)cccc1F)C(=O)Nc1ccc(S(N)(=O)=O)cc1. The lowest BCUT2D eigenvalue weighted by atomic mass is 10.2. The second-order valence-corrected chi connectivity index (χ2v) is 6.76. The van der Waals surface area contributed by atoms with Gasteiger partial charge in [0.2, 0.25) is 10.0 Å². The molecule has 0 unspecified atom stereocenters. The lowest BCUT2D eigenvalue weighted by Gasteiger charge is -2.14. The van der Waals surface area contributed by atoms with Crippen LogP contribution in [-0.2, 0) is 19.6 Å². The molecular weight excluding hydrogens is 370 g/mol. The Bertz CT molecular complexity index is 925. The van der Waals surface area contributed by atoms with Crippen LogP contribution in [0, 0.1) is 11.6 Å². The van der Waals surface area contributed by atoms with Crippen LogP contribution in [0.25, 0.3) is 0 Å². The van der Waals surface area contributed by atoms with Crippen LogP contribution < -0.4 is 10.5 Å². The molecule has 0 fully saturated rings. The third-order valence-electron chi connectivity index (χ3n) is 3.27. The number of anilines is 1. The van der Waals surface area contributed by atoms with Crippen LogP contribution in [-0.4, -0.2) is 26.4 Å². The van der Waals surface area contributed by atoms with Crippen molar-refractivity contribution in [3.05, 3.63) is 59.7 Å². The molecule has 0 aromatic heterocycles. The maximum absolute atomic E-state index is 13.5. The zero-order valence-electron chi connectivity index (χ0n) is 13.4. The van der Waals surface area contributed by atoms with Crippen molar-refractivity contribution in [2.45, 2.75) is 17.9 Å². The number of rotatable bonds is 5.